The lowest BCUT2D eigenvalue weighted by molar-refractivity contribution is -0.149. The van der Waals surface area contributed by atoms with Gasteiger partial charge in [0.25, 0.3) is 0 Å². The first kappa shape index (κ1) is 11.9. The van der Waals surface area contributed by atoms with E-state index in [4.69, 9.17) is 19.3 Å². The van der Waals surface area contributed by atoms with E-state index >= 15 is 0 Å². The molecule has 0 radical (unpaired) electrons. The van der Waals surface area contributed by atoms with Gasteiger partial charge in [-0.1, -0.05) is 6.07 Å². The minimum Gasteiger partial charge on any atom is -0.496 e. The fraction of sp³-hybridized carbons (Fsp3) is 0.417. The third-order valence-corrected chi connectivity index (χ3v) is 2.79. The van der Waals surface area contributed by atoms with Gasteiger partial charge in [0.05, 0.1) is 20.3 Å². The van der Waals surface area contributed by atoms with Crippen molar-refractivity contribution < 1.29 is 24.1 Å². The number of carboxylic acid groups (broad SMARTS) is 1. The van der Waals surface area contributed by atoms with E-state index in [0.29, 0.717) is 19.0 Å². The van der Waals surface area contributed by atoms with Crippen LogP contribution in [0.5, 0.6) is 5.75 Å². The van der Waals surface area contributed by atoms with Crippen LogP contribution in [0.1, 0.15) is 22.8 Å². The molecule has 1 saturated heterocycles. The van der Waals surface area contributed by atoms with Crippen molar-refractivity contribution in [2.45, 2.75) is 12.7 Å². The zero-order valence-electron chi connectivity index (χ0n) is 9.73. The predicted octanol–water partition coefficient (Wildman–Crippen LogP) is 1.61. The van der Waals surface area contributed by atoms with Crippen molar-refractivity contribution in [1.29, 1.82) is 0 Å². The molecule has 0 aromatic heterocycles. The minimum atomic E-state index is -1.02. The van der Waals surface area contributed by atoms with Crippen LogP contribution in [0.4, 0.5) is 0 Å². The van der Waals surface area contributed by atoms with Crippen molar-refractivity contribution in [3.05, 3.63) is 29.3 Å². The van der Waals surface area contributed by atoms with Crippen LogP contribution in [0.25, 0.3) is 0 Å². The number of carbonyl (C=O) groups is 1. The highest BCUT2D eigenvalue weighted by Crippen LogP contribution is 2.33. The molecule has 1 aliphatic heterocycles. The Labute approximate surface area is 98.9 Å². The molecule has 0 amide bonds. The molecule has 1 aliphatic rings. The molecule has 1 fully saturated rings. The second-order valence-corrected chi connectivity index (χ2v) is 3.86. The molecule has 5 heteroatoms. The minimum absolute atomic E-state index is 0.123. The maximum Gasteiger partial charge on any atom is 0.339 e. The molecule has 1 heterocycles. The van der Waals surface area contributed by atoms with Gasteiger partial charge in [-0.25, -0.2) is 4.79 Å². The molecule has 1 aromatic rings. The number of ether oxygens (including phenoxy) is 3. The second kappa shape index (κ2) is 4.35. The predicted molar refractivity (Wildman–Crippen MR) is 59.2 cm³/mol. The van der Waals surface area contributed by atoms with E-state index in [9.17, 15) is 4.79 Å². The molecule has 0 spiro atoms. The van der Waals surface area contributed by atoms with Crippen molar-refractivity contribution in [3.8, 4) is 5.75 Å². The Kier molecular flexibility index (Phi) is 3.04. The Hall–Kier alpha value is -1.59. The highest BCUT2D eigenvalue weighted by molar-refractivity contribution is 5.91. The molecule has 0 unspecified atom stereocenters. The van der Waals surface area contributed by atoms with Crippen LogP contribution in [0.3, 0.4) is 0 Å². The standard InChI is InChI=1S/C12H14O5/c1-12(16-5-6-17-12)8-3-4-9(11(13)14)10(7-8)15-2/h3-4,7H,5-6H2,1-2H3,(H,13,14). The first-order valence-electron chi connectivity index (χ1n) is 5.26. The number of benzene rings is 1. The lowest BCUT2D eigenvalue weighted by Gasteiger charge is -2.23. The Morgan fingerprint density at radius 2 is 2.06 bits per heavy atom. The average Bonchev–Trinajstić information content (AvgIpc) is 2.76. The molecule has 17 heavy (non-hydrogen) atoms. The molecule has 1 N–H and O–H groups in total. The fourth-order valence-electron chi connectivity index (χ4n) is 1.83. The first-order chi connectivity index (χ1) is 8.07. The zero-order chi connectivity index (χ0) is 12.5. The summed E-state index contributed by atoms with van der Waals surface area (Å²) in [6.45, 7) is 2.86. The van der Waals surface area contributed by atoms with Crippen molar-refractivity contribution in [1.82, 2.24) is 0 Å². The van der Waals surface area contributed by atoms with Crippen LogP contribution in [0.15, 0.2) is 18.2 Å². The lowest BCUT2D eigenvalue weighted by atomic mass is 10.0. The Balaban J connectivity index is 2.41. The Morgan fingerprint density at radius 1 is 1.41 bits per heavy atom. The van der Waals surface area contributed by atoms with Crippen molar-refractivity contribution in [3.63, 3.8) is 0 Å². The molecular formula is C12H14O5. The molecule has 1 aromatic carbocycles. The number of methoxy groups -OCH3 is 1. The quantitative estimate of drug-likeness (QED) is 0.866. The average molecular weight is 238 g/mol. The van der Waals surface area contributed by atoms with Crippen molar-refractivity contribution in [2.75, 3.05) is 20.3 Å². The van der Waals surface area contributed by atoms with E-state index in [2.05, 4.69) is 0 Å². The van der Waals surface area contributed by atoms with Gasteiger partial charge in [-0.3, -0.25) is 0 Å². The van der Waals surface area contributed by atoms with Gasteiger partial charge in [0.15, 0.2) is 5.79 Å². The number of carboxylic acids is 1. The van der Waals surface area contributed by atoms with Crippen LogP contribution in [0, 0.1) is 0 Å². The summed E-state index contributed by atoms with van der Waals surface area (Å²) in [5, 5.41) is 8.97. The molecule has 0 saturated carbocycles. The Bertz CT molecular complexity index is 435. The largest absolute Gasteiger partial charge is 0.496 e. The van der Waals surface area contributed by atoms with E-state index in [-0.39, 0.29) is 5.56 Å². The highest BCUT2D eigenvalue weighted by atomic mass is 16.7. The second-order valence-electron chi connectivity index (χ2n) is 3.86. The lowest BCUT2D eigenvalue weighted by Crippen LogP contribution is -2.22. The van der Waals surface area contributed by atoms with Gasteiger partial charge in [-0.15, -0.1) is 0 Å². The van der Waals surface area contributed by atoms with Gasteiger partial charge in [-0.2, -0.15) is 0 Å². The van der Waals surface area contributed by atoms with Crippen LogP contribution in [-0.4, -0.2) is 31.4 Å². The van der Waals surface area contributed by atoms with Crippen LogP contribution in [0.2, 0.25) is 0 Å². The summed E-state index contributed by atoms with van der Waals surface area (Å²) in [6.07, 6.45) is 0. The molecule has 92 valence electrons. The zero-order valence-corrected chi connectivity index (χ0v) is 9.73. The monoisotopic (exact) mass is 238 g/mol. The van der Waals surface area contributed by atoms with Gasteiger partial charge in [0.2, 0.25) is 0 Å². The molecule has 0 aliphatic carbocycles. The van der Waals surface area contributed by atoms with E-state index in [1.165, 1.54) is 13.2 Å². The van der Waals surface area contributed by atoms with Gasteiger partial charge >= 0.3 is 5.97 Å². The number of hydrogen-bond donors (Lipinski definition) is 1. The van der Waals surface area contributed by atoms with Gasteiger partial charge < -0.3 is 19.3 Å². The summed E-state index contributed by atoms with van der Waals surface area (Å²) < 4.78 is 16.1. The number of aromatic carboxylic acids is 1. The molecule has 0 atom stereocenters. The third kappa shape index (κ3) is 2.11. The first-order valence-corrected chi connectivity index (χ1v) is 5.26. The van der Waals surface area contributed by atoms with Crippen molar-refractivity contribution in [2.24, 2.45) is 0 Å². The number of rotatable bonds is 3. The normalized spacial score (nSPS) is 18.0. The Morgan fingerprint density at radius 3 is 2.59 bits per heavy atom. The molecule has 5 nitrogen and oxygen atoms in total. The van der Waals surface area contributed by atoms with E-state index < -0.39 is 11.8 Å². The third-order valence-electron chi connectivity index (χ3n) is 2.79. The van der Waals surface area contributed by atoms with Crippen LogP contribution >= 0.6 is 0 Å². The topological polar surface area (TPSA) is 65.0 Å². The van der Waals surface area contributed by atoms with Crippen molar-refractivity contribution >= 4 is 5.97 Å². The summed E-state index contributed by atoms with van der Waals surface area (Å²) in [4.78, 5) is 11.0. The highest BCUT2D eigenvalue weighted by Gasteiger charge is 2.34. The summed E-state index contributed by atoms with van der Waals surface area (Å²) in [5.41, 5.74) is 0.870. The van der Waals surface area contributed by atoms with E-state index in [1.807, 2.05) is 0 Å². The summed E-state index contributed by atoms with van der Waals surface area (Å²) in [5.74, 6) is -1.54. The smallest absolute Gasteiger partial charge is 0.339 e. The van der Waals surface area contributed by atoms with Crippen LogP contribution in [-0.2, 0) is 15.3 Å². The van der Waals surface area contributed by atoms with Gasteiger partial charge in [-0.05, 0) is 19.1 Å². The van der Waals surface area contributed by atoms with E-state index in [1.54, 1.807) is 19.1 Å². The van der Waals surface area contributed by atoms with Crippen LogP contribution < -0.4 is 4.74 Å². The molecule has 0 bridgehead atoms. The SMILES string of the molecule is COc1cc(C2(C)OCCO2)ccc1C(=O)O. The molecular weight excluding hydrogens is 224 g/mol. The summed E-state index contributed by atoms with van der Waals surface area (Å²) >= 11 is 0. The molecule has 2 rings (SSSR count). The van der Waals surface area contributed by atoms with Gasteiger partial charge in [0.1, 0.15) is 11.3 Å². The maximum atomic E-state index is 11.0. The fourth-order valence-corrected chi connectivity index (χ4v) is 1.83. The van der Waals surface area contributed by atoms with Gasteiger partial charge in [0, 0.05) is 5.56 Å². The number of hydrogen-bond acceptors (Lipinski definition) is 4. The summed E-state index contributed by atoms with van der Waals surface area (Å²) in [6, 6.07) is 4.80. The van der Waals surface area contributed by atoms with E-state index in [0.717, 1.165) is 5.56 Å². The maximum absolute atomic E-state index is 11.0. The summed E-state index contributed by atoms with van der Waals surface area (Å²) in [7, 11) is 1.43.